The molecule has 0 amide bonds. The van der Waals surface area contributed by atoms with Crippen LogP contribution in [0.25, 0.3) is 22.2 Å². The van der Waals surface area contributed by atoms with E-state index < -0.39 is 0 Å². The first-order valence-corrected chi connectivity index (χ1v) is 11.7. The molecule has 6 heteroatoms. The average molecular weight is 453 g/mol. The first-order chi connectivity index (χ1) is 16.6. The van der Waals surface area contributed by atoms with E-state index in [1.54, 1.807) is 12.3 Å². The summed E-state index contributed by atoms with van der Waals surface area (Å²) >= 11 is 0. The van der Waals surface area contributed by atoms with Gasteiger partial charge in [0, 0.05) is 48.4 Å². The van der Waals surface area contributed by atoms with Crippen LogP contribution in [-0.2, 0) is 0 Å². The Kier molecular flexibility index (Phi) is 5.01. The molecule has 0 N–H and O–H groups in total. The van der Waals surface area contributed by atoms with Crippen molar-refractivity contribution in [1.82, 2.24) is 9.97 Å². The summed E-state index contributed by atoms with van der Waals surface area (Å²) in [5, 5.41) is 0. The van der Waals surface area contributed by atoms with Crippen LogP contribution in [0.5, 0.6) is 0 Å². The summed E-state index contributed by atoms with van der Waals surface area (Å²) in [5.41, 5.74) is 6.26. The fraction of sp³-hybridized carbons (Fsp3) is 0.250. The molecule has 5 nitrogen and oxygen atoms in total. The fourth-order valence-corrected chi connectivity index (χ4v) is 5.44. The zero-order chi connectivity index (χ0) is 23.2. The molecule has 4 aromatic rings. The van der Waals surface area contributed by atoms with Crippen LogP contribution < -0.4 is 9.80 Å². The fourth-order valence-electron chi connectivity index (χ4n) is 5.44. The van der Waals surface area contributed by atoms with E-state index in [4.69, 9.17) is 4.98 Å². The van der Waals surface area contributed by atoms with Crippen LogP contribution in [0.4, 0.5) is 15.9 Å². The molecule has 0 bridgehead atoms. The number of nitrogens with zero attached hydrogens (tertiary/aromatic N) is 4. The SMILES string of the molecule is Cc1cc(C=O)c(-c2ccccc2)c(N2C[C@H]3CCN(c4cnc5cc(F)ccc5n4)C[C@H]32)c1. The van der Waals surface area contributed by atoms with Crippen molar-refractivity contribution < 1.29 is 9.18 Å². The first kappa shape index (κ1) is 20.8. The molecule has 0 aliphatic carbocycles. The molecule has 0 unspecified atom stereocenters. The number of aryl methyl sites for hydroxylation is 1. The molecule has 2 aliphatic rings. The summed E-state index contributed by atoms with van der Waals surface area (Å²) in [4.78, 5) is 26.0. The number of halogens is 1. The van der Waals surface area contributed by atoms with Gasteiger partial charge < -0.3 is 9.80 Å². The van der Waals surface area contributed by atoms with Gasteiger partial charge in [-0.15, -0.1) is 0 Å². The minimum atomic E-state index is -0.303. The summed E-state index contributed by atoms with van der Waals surface area (Å²) in [5.74, 6) is 1.13. The maximum absolute atomic E-state index is 13.5. The van der Waals surface area contributed by atoms with Crippen molar-refractivity contribution in [2.75, 3.05) is 29.4 Å². The normalized spacial score (nSPS) is 19.6. The number of fused-ring (bicyclic) bond motifs is 2. The van der Waals surface area contributed by atoms with Crippen LogP contribution in [0.15, 0.2) is 66.9 Å². The van der Waals surface area contributed by atoms with Crippen molar-refractivity contribution in [3.8, 4) is 11.1 Å². The Morgan fingerprint density at radius 1 is 1.03 bits per heavy atom. The number of carbonyl (C=O) groups excluding carboxylic acids is 1. The molecule has 2 fully saturated rings. The van der Waals surface area contributed by atoms with Crippen molar-refractivity contribution in [2.24, 2.45) is 5.92 Å². The van der Waals surface area contributed by atoms with Crippen LogP contribution >= 0.6 is 0 Å². The summed E-state index contributed by atoms with van der Waals surface area (Å²) in [7, 11) is 0. The summed E-state index contributed by atoms with van der Waals surface area (Å²) in [6.07, 6.45) is 3.80. The number of benzene rings is 3. The van der Waals surface area contributed by atoms with Gasteiger partial charge in [-0.3, -0.25) is 9.78 Å². The second-order valence-electron chi connectivity index (χ2n) is 9.31. The summed E-state index contributed by atoms with van der Waals surface area (Å²) in [6, 6.07) is 19.2. The predicted octanol–water partition coefficient (Wildman–Crippen LogP) is 5.27. The number of anilines is 2. The third-order valence-electron chi connectivity index (χ3n) is 7.16. The van der Waals surface area contributed by atoms with Crippen LogP contribution in [0, 0.1) is 18.7 Å². The Morgan fingerprint density at radius 2 is 1.88 bits per heavy atom. The topological polar surface area (TPSA) is 49.3 Å². The van der Waals surface area contributed by atoms with Crippen molar-refractivity contribution in [1.29, 1.82) is 0 Å². The van der Waals surface area contributed by atoms with E-state index in [1.807, 2.05) is 31.2 Å². The summed E-state index contributed by atoms with van der Waals surface area (Å²) < 4.78 is 13.5. The van der Waals surface area contributed by atoms with Gasteiger partial charge in [-0.1, -0.05) is 30.3 Å². The van der Waals surface area contributed by atoms with E-state index in [1.165, 1.54) is 12.1 Å². The largest absolute Gasteiger partial charge is 0.366 e. The van der Waals surface area contributed by atoms with Crippen LogP contribution in [0.3, 0.4) is 0 Å². The Hall–Kier alpha value is -3.80. The Balaban J connectivity index is 1.34. The van der Waals surface area contributed by atoms with E-state index in [-0.39, 0.29) is 5.82 Å². The molecule has 6 rings (SSSR count). The van der Waals surface area contributed by atoms with Crippen LogP contribution in [0.1, 0.15) is 22.3 Å². The number of aldehydes is 1. The molecule has 0 radical (unpaired) electrons. The first-order valence-electron chi connectivity index (χ1n) is 11.7. The maximum atomic E-state index is 13.5. The highest BCUT2D eigenvalue weighted by Gasteiger charge is 2.44. The van der Waals surface area contributed by atoms with Crippen LogP contribution in [-0.4, -0.2) is 41.9 Å². The monoisotopic (exact) mass is 452 g/mol. The maximum Gasteiger partial charge on any atom is 0.150 e. The lowest BCUT2D eigenvalue weighted by molar-refractivity contribution is 0.112. The number of rotatable bonds is 4. The lowest BCUT2D eigenvalue weighted by Gasteiger charge is -2.55. The smallest absolute Gasteiger partial charge is 0.150 e. The number of piperidine rings is 1. The van der Waals surface area contributed by atoms with E-state index >= 15 is 0 Å². The minimum Gasteiger partial charge on any atom is -0.366 e. The van der Waals surface area contributed by atoms with Gasteiger partial charge in [-0.2, -0.15) is 0 Å². The number of hydrogen-bond donors (Lipinski definition) is 0. The Labute approximate surface area is 197 Å². The van der Waals surface area contributed by atoms with Gasteiger partial charge >= 0.3 is 0 Å². The molecule has 1 aromatic heterocycles. The Bertz CT molecular complexity index is 1390. The highest BCUT2D eigenvalue weighted by Crippen LogP contribution is 2.43. The second kappa shape index (κ2) is 8.20. The zero-order valence-electron chi connectivity index (χ0n) is 19.0. The molecule has 2 aliphatic heterocycles. The molecule has 3 aromatic carbocycles. The Morgan fingerprint density at radius 3 is 2.71 bits per heavy atom. The van der Waals surface area contributed by atoms with Crippen molar-refractivity contribution in [2.45, 2.75) is 19.4 Å². The molecule has 3 heterocycles. The van der Waals surface area contributed by atoms with Crippen molar-refractivity contribution in [3.63, 3.8) is 0 Å². The van der Waals surface area contributed by atoms with Gasteiger partial charge in [0.05, 0.1) is 23.3 Å². The molecule has 34 heavy (non-hydrogen) atoms. The average Bonchev–Trinajstić information content (AvgIpc) is 2.84. The van der Waals surface area contributed by atoms with Crippen molar-refractivity contribution in [3.05, 3.63) is 83.8 Å². The van der Waals surface area contributed by atoms with Gasteiger partial charge in [0.2, 0.25) is 0 Å². The predicted molar refractivity (Wildman–Crippen MR) is 133 cm³/mol. The van der Waals surface area contributed by atoms with E-state index in [0.29, 0.717) is 23.0 Å². The lowest BCUT2D eigenvalue weighted by Crippen LogP contribution is -2.64. The van der Waals surface area contributed by atoms with Gasteiger partial charge in [0.1, 0.15) is 11.6 Å². The van der Waals surface area contributed by atoms with Gasteiger partial charge in [0.15, 0.2) is 6.29 Å². The standard InChI is InChI=1S/C28H25FN4O/c1-18-11-21(17-34)28(19-5-3-2-4-6-19)25(12-18)33-15-20-9-10-32(16-26(20)33)27-14-30-24-13-22(29)7-8-23(24)31-27/h2-8,11-14,17,20,26H,9-10,15-16H2,1H3/t20-,26-/m1/s1. The highest BCUT2D eigenvalue weighted by molar-refractivity contribution is 5.95. The molecular formula is C28H25FN4O. The molecule has 0 spiro atoms. The molecular weight excluding hydrogens is 427 g/mol. The minimum absolute atomic E-state index is 0.303. The molecule has 170 valence electrons. The number of hydrogen-bond acceptors (Lipinski definition) is 5. The number of carbonyl (C=O) groups is 1. The van der Waals surface area contributed by atoms with E-state index in [9.17, 15) is 9.18 Å². The second-order valence-corrected chi connectivity index (χ2v) is 9.31. The van der Waals surface area contributed by atoms with E-state index in [0.717, 1.165) is 66.1 Å². The quantitative estimate of drug-likeness (QED) is 0.395. The van der Waals surface area contributed by atoms with E-state index in [2.05, 4.69) is 33.0 Å². The van der Waals surface area contributed by atoms with Gasteiger partial charge in [0.25, 0.3) is 0 Å². The van der Waals surface area contributed by atoms with Gasteiger partial charge in [-0.05, 0) is 48.7 Å². The number of aromatic nitrogens is 2. The highest BCUT2D eigenvalue weighted by atomic mass is 19.1. The zero-order valence-corrected chi connectivity index (χ0v) is 19.0. The lowest BCUT2D eigenvalue weighted by atomic mass is 9.80. The van der Waals surface area contributed by atoms with Crippen molar-refractivity contribution >= 4 is 28.8 Å². The molecule has 0 saturated carbocycles. The third-order valence-corrected chi connectivity index (χ3v) is 7.16. The summed E-state index contributed by atoms with van der Waals surface area (Å²) in [6.45, 7) is 4.80. The third kappa shape index (κ3) is 3.50. The van der Waals surface area contributed by atoms with Crippen LogP contribution in [0.2, 0.25) is 0 Å². The molecule has 2 saturated heterocycles. The molecule has 2 atom stereocenters. The van der Waals surface area contributed by atoms with Gasteiger partial charge in [-0.25, -0.2) is 9.37 Å².